The Balaban J connectivity index is 1.31. The first-order chi connectivity index (χ1) is 23.8. The minimum atomic E-state index is -0.167. The molecule has 0 saturated heterocycles. The summed E-state index contributed by atoms with van der Waals surface area (Å²) in [5, 5.41) is 8.09. The van der Waals surface area contributed by atoms with Crippen molar-refractivity contribution in [2.45, 2.75) is 12.8 Å². The molecule has 4 heteroatoms. The van der Waals surface area contributed by atoms with Crippen LogP contribution in [0.15, 0.2) is 171 Å². The molecule has 4 nitrogen and oxygen atoms in total. The van der Waals surface area contributed by atoms with Gasteiger partial charge in [-0.3, -0.25) is 0 Å². The highest BCUT2D eigenvalue weighted by atomic mass is 16.5. The molecule has 1 aliphatic heterocycles. The molecule has 8 rings (SSSR count). The highest BCUT2D eigenvalue weighted by Crippen LogP contribution is 2.45. The van der Waals surface area contributed by atoms with Gasteiger partial charge < -0.3 is 20.5 Å². The molecule has 1 heterocycles. The second kappa shape index (κ2) is 12.9. The van der Waals surface area contributed by atoms with Crippen molar-refractivity contribution in [1.82, 2.24) is 5.32 Å². The summed E-state index contributed by atoms with van der Waals surface area (Å²) in [4.78, 5) is 0. The van der Waals surface area contributed by atoms with Crippen molar-refractivity contribution in [3.05, 3.63) is 182 Å². The summed E-state index contributed by atoms with van der Waals surface area (Å²) in [5.41, 5.74) is 17.2. The van der Waals surface area contributed by atoms with Crippen LogP contribution < -0.4 is 11.1 Å². The van der Waals surface area contributed by atoms with Gasteiger partial charge in [0.25, 0.3) is 0 Å². The summed E-state index contributed by atoms with van der Waals surface area (Å²) in [6, 6.07) is 52.4. The first-order valence-corrected chi connectivity index (χ1v) is 16.2. The van der Waals surface area contributed by atoms with Crippen molar-refractivity contribution in [2.24, 2.45) is 5.73 Å². The van der Waals surface area contributed by atoms with Crippen LogP contribution in [-0.2, 0) is 16.1 Å². The van der Waals surface area contributed by atoms with E-state index < -0.39 is 0 Å². The third-order valence-corrected chi connectivity index (χ3v) is 9.05. The average molecular weight is 623 g/mol. The van der Waals surface area contributed by atoms with Gasteiger partial charge in [-0.15, -0.1) is 0 Å². The van der Waals surface area contributed by atoms with Gasteiger partial charge in [0.15, 0.2) is 6.23 Å². The fourth-order valence-corrected chi connectivity index (χ4v) is 6.72. The standard InChI is InChI=1S/C44H34N2O2/c45-24-26-47-29-30-10-12-34(13-11-30)42-38-8-4-5-9-39(38)43(35-18-20-36(21-19-35)44-46-25-27-48-44)41-28-37(22-23-40(41)42)33-16-14-32(15-17-33)31-6-2-1-3-7-31/h1-28,44,46H,29,45H2/b26-24-. The molecule has 7 aromatic rings. The maximum atomic E-state index is 5.72. The number of ether oxygens (including phenoxy) is 2. The molecule has 1 atom stereocenters. The zero-order valence-corrected chi connectivity index (χ0v) is 26.3. The quantitative estimate of drug-likeness (QED) is 0.131. The van der Waals surface area contributed by atoms with Gasteiger partial charge in [0.05, 0.1) is 6.26 Å². The van der Waals surface area contributed by atoms with Gasteiger partial charge >= 0.3 is 0 Å². The lowest BCUT2D eigenvalue weighted by Crippen LogP contribution is -2.10. The number of hydrogen-bond donors (Lipinski definition) is 2. The molecule has 0 fully saturated rings. The predicted molar refractivity (Wildman–Crippen MR) is 197 cm³/mol. The Bertz CT molecular complexity index is 2260. The Morgan fingerprint density at radius 1 is 0.562 bits per heavy atom. The molecule has 1 unspecified atom stereocenters. The zero-order valence-electron chi connectivity index (χ0n) is 26.3. The molecule has 0 radical (unpaired) electrons. The number of nitrogens with two attached hydrogens (primary N) is 1. The maximum Gasteiger partial charge on any atom is 0.195 e. The van der Waals surface area contributed by atoms with E-state index in [1.54, 1.807) is 6.26 Å². The van der Waals surface area contributed by atoms with E-state index in [2.05, 4.69) is 151 Å². The van der Waals surface area contributed by atoms with E-state index in [9.17, 15) is 0 Å². The Morgan fingerprint density at radius 3 is 1.75 bits per heavy atom. The van der Waals surface area contributed by atoms with Crippen molar-refractivity contribution in [1.29, 1.82) is 0 Å². The maximum absolute atomic E-state index is 5.72. The first kappa shape index (κ1) is 29.2. The van der Waals surface area contributed by atoms with Gasteiger partial charge in [-0.1, -0.05) is 140 Å². The van der Waals surface area contributed by atoms with Crippen molar-refractivity contribution < 1.29 is 9.47 Å². The Morgan fingerprint density at radius 2 is 1.10 bits per heavy atom. The van der Waals surface area contributed by atoms with Crippen molar-refractivity contribution in [3.8, 4) is 44.5 Å². The molecule has 0 bridgehead atoms. The third kappa shape index (κ3) is 5.54. The van der Waals surface area contributed by atoms with Gasteiger partial charge in [-0.25, -0.2) is 0 Å². The number of fused-ring (bicyclic) bond motifs is 2. The number of hydrogen-bond acceptors (Lipinski definition) is 4. The van der Waals surface area contributed by atoms with Crippen molar-refractivity contribution >= 4 is 21.5 Å². The van der Waals surface area contributed by atoms with E-state index in [4.69, 9.17) is 15.2 Å². The summed E-state index contributed by atoms with van der Waals surface area (Å²) in [7, 11) is 0. The van der Waals surface area contributed by atoms with Crippen LogP contribution >= 0.6 is 0 Å². The summed E-state index contributed by atoms with van der Waals surface area (Å²) in [5.74, 6) is 0. The summed E-state index contributed by atoms with van der Waals surface area (Å²) >= 11 is 0. The van der Waals surface area contributed by atoms with Crippen LogP contribution in [0.4, 0.5) is 0 Å². The normalized spacial score (nSPS) is 14.0. The smallest absolute Gasteiger partial charge is 0.195 e. The van der Waals surface area contributed by atoms with Gasteiger partial charge in [0.2, 0.25) is 0 Å². The molecule has 0 aromatic heterocycles. The molecule has 1 aliphatic rings. The fourth-order valence-electron chi connectivity index (χ4n) is 6.72. The second-order valence-corrected chi connectivity index (χ2v) is 11.9. The molecule has 48 heavy (non-hydrogen) atoms. The molecule has 7 aromatic carbocycles. The monoisotopic (exact) mass is 622 g/mol. The molecular formula is C44H34N2O2. The molecule has 0 amide bonds. The van der Waals surface area contributed by atoms with E-state index in [1.807, 2.05) is 6.20 Å². The largest absolute Gasteiger partial charge is 0.495 e. The summed E-state index contributed by atoms with van der Waals surface area (Å²) in [6.07, 6.45) is 6.29. The van der Waals surface area contributed by atoms with Crippen LogP contribution in [0.5, 0.6) is 0 Å². The molecular weight excluding hydrogens is 588 g/mol. The Labute approximate surface area is 280 Å². The van der Waals surface area contributed by atoms with Crippen LogP contribution in [0.1, 0.15) is 17.4 Å². The molecule has 0 spiro atoms. The third-order valence-electron chi connectivity index (χ3n) is 9.05. The van der Waals surface area contributed by atoms with Gasteiger partial charge in [-0.05, 0) is 77.7 Å². The van der Waals surface area contributed by atoms with Crippen LogP contribution in [0.2, 0.25) is 0 Å². The lowest BCUT2D eigenvalue weighted by molar-refractivity contribution is 0.155. The molecule has 0 saturated carbocycles. The first-order valence-electron chi connectivity index (χ1n) is 16.2. The lowest BCUT2D eigenvalue weighted by Gasteiger charge is -2.19. The van der Waals surface area contributed by atoms with E-state index in [1.165, 1.54) is 67.4 Å². The van der Waals surface area contributed by atoms with Crippen LogP contribution in [0.25, 0.3) is 66.1 Å². The highest BCUT2D eigenvalue weighted by molar-refractivity contribution is 6.22. The molecule has 232 valence electrons. The van der Waals surface area contributed by atoms with E-state index in [0.29, 0.717) is 6.61 Å². The van der Waals surface area contributed by atoms with E-state index in [0.717, 1.165) is 22.3 Å². The fraction of sp³-hybridized carbons (Fsp3) is 0.0455. The van der Waals surface area contributed by atoms with E-state index >= 15 is 0 Å². The van der Waals surface area contributed by atoms with Crippen LogP contribution in [0.3, 0.4) is 0 Å². The summed E-state index contributed by atoms with van der Waals surface area (Å²) < 4.78 is 11.2. The SMILES string of the molecule is N/C=C\OCc1ccc(-c2c3ccccc3c(-c3ccc(C4NC=CO4)cc3)c3cc(-c4ccc(-c5ccccc5)cc4)ccc23)cc1. The van der Waals surface area contributed by atoms with Crippen molar-refractivity contribution in [3.63, 3.8) is 0 Å². The Kier molecular flexibility index (Phi) is 7.81. The Hall–Kier alpha value is -6.26. The zero-order chi connectivity index (χ0) is 32.3. The average Bonchev–Trinajstić information content (AvgIpc) is 3.70. The van der Waals surface area contributed by atoms with Crippen molar-refractivity contribution in [2.75, 3.05) is 0 Å². The van der Waals surface area contributed by atoms with Gasteiger partial charge in [0, 0.05) is 18.0 Å². The topological polar surface area (TPSA) is 56.5 Å². The van der Waals surface area contributed by atoms with Gasteiger partial charge in [0.1, 0.15) is 12.9 Å². The minimum absolute atomic E-state index is 0.167. The predicted octanol–water partition coefficient (Wildman–Crippen LogP) is 10.7. The molecule has 3 N–H and O–H groups in total. The lowest BCUT2D eigenvalue weighted by atomic mass is 9.84. The van der Waals surface area contributed by atoms with E-state index in [-0.39, 0.29) is 6.23 Å². The number of rotatable bonds is 8. The highest BCUT2D eigenvalue weighted by Gasteiger charge is 2.19. The second-order valence-electron chi connectivity index (χ2n) is 11.9. The molecule has 0 aliphatic carbocycles. The number of benzene rings is 7. The van der Waals surface area contributed by atoms with Crippen LogP contribution in [0, 0.1) is 0 Å². The van der Waals surface area contributed by atoms with Gasteiger partial charge in [-0.2, -0.15) is 0 Å². The minimum Gasteiger partial charge on any atom is -0.495 e. The van der Waals surface area contributed by atoms with Crippen LogP contribution in [-0.4, -0.2) is 0 Å². The number of nitrogens with one attached hydrogen (secondary N) is 1. The summed E-state index contributed by atoms with van der Waals surface area (Å²) in [6.45, 7) is 0.467.